The van der Waals surface area contributed by atoms with E-state index in [9.17, 15) is 5.11 Å². The Bertz CT molecular complexity index is 365. The molecule has 0 fully saturated rings. The predicted octanol–water partition coefficient (Wildman–Crippen LogP) is 2.97. The Labute approximate surface area is 117 Å². The molecule has 1 aromatic rings. The van der Waals surface area contributed by atoms with E-state index in [1.807, 2.05) is 58.9 Å². The van der Waals surface area contributed by atoms with Crippen molar-refractivity contribution in [3.63, 3.8) is 0 Å². The molecule has 19 heavy (non-hydrogen) atoms. The van der Waals surface area contributed by atoms with Crippen molar-refractivity contribution in [1.82, 2.24) is 5.32 Å². The number of ether oxygens (including phenoxy) is 1. The molecule has 1 atom stereocenters. The van der Waals surface area contributed by atoms with Crippen LogP contribution in [0.25, 0.3) is 0 Å². The van der Waals surface area contributed by atoms with Gasteiger partial charge < -0.3 is 15.2 Å². The van der Waals surface area contributed by atoms with Crippen molar-refractivity contribution in [2.75, 3.05) is 6.54 Å². The van der Waals surface area contributed by atoms with Crippen LogP contribution in [0.15, 0.2) is 24.3 Å². The summed E-state index contributed by atoms with van der Waals surface area (Å²) < 4.78 is 5.60. The maximum Gasteiger partial charge on any atom is 0.119 e. The third kappa shape index (κ3) is 6.08. The number of nitrogens with one attached hydrogen (secondary N) is 1. The molecule has 0 amide bonds. The van der Waals surface area contributed by atoms with Crippen LogP contribution < -0.4 is 10.1 Å². The Kier molecular flexibility index (Phi) is 5.83. The van der Waals surface area contributed by atoms with Crippen molar-refractivity contribution in [3.05, 3.63) is 29.8 Å². The summed E-state index contributed by atoms with van der Waals surface area (Å²) in [5, 5.41) is 13.2. The molecular weight excluding hydrogens is 238 g/mol. The number of hydrogen-bond acceptors (Lipinski definition) is 3. The number of hydrogen-bond donors (Lipinski definition) is 2. The van der Waals surface area contributed by atoms with E-state index < -0.39 is 0 Å². The molecule has 3 heteroatoms. The molecule has 0 bridgehead atoms. The highest BCUT2D eigenvalue weighted by atomic mass is 16.5. The highest BCUT2D eigenvalue weighted by Gasteiger charge is 2.21. The molecule has 1 unspecified atom stereocenters. The van der Waals surface area contributed by atoms with Gasteiger partial charge in [-0.05, 0) is 37.0 Å². The first-order chi connectivity index (χ1) is 8.79. The van der Waals surface area contributed by atoms with E-state index in [0.29, 0.717) is 6.54 Å². The number of aliphatic hydroxyl groups is 1. The van der Waals surface area contributed by atoms with Gasteiger partial charge in [0.25, 0.3) is 0 Å². The van der Waals surface area contributed by atoms with Gasteiger partial charge in [0.1, 0.15) is 5.75 Å². The summed E-state index contributed by atoms with van der Waals surface area (Å²) >= 11 is 0. The second kappa shape index (κ2) is 6.92. The zero-order valence-electron chi connectivity index (χ0n) is 12.7. The minimum Gasteiger partial charge on any atom is -0.491 e. The van der Waals surface area contributed by atoms with Crippen molar-refractivity contribution in [1.29, 1.82) is 0 Å². The Morgan fingerprint density at radius 1 is 1.16 bits per heavy atom. The molecule has 0 radical (unpaired) electrons. The van der Waals surface area contributed by atoms with Gasteiger partial charge in [0.05, 0.1) is 12.2 Å². The van der Waals surface area contributed by atoms with Gasteiger partial charge in [-0.15, -0.1) is 0 Å². The number of benzene rings is 1. The standard InChI is InChI=1S/C16H27NO2/c1-12(2)19-14-8-6-13(7-9-14)10-17-11-15(18)16(3,4)5/h6-9,12,15,17-18H,10-11H2,1-5H3. The molecule has 0 aromatic heterocycles. The summed E-state index contributed by atoms with van der Waals surface area (Å²) in [6.07, 6.45) is -0.137. The summed E-state index contributed by atoms with van der Waals surface area (Å²) in [5.74, 6) is 0.897. The van der Waals surface area contributed by atoms with Gasteiger partial charge in [-0.1, -0.05) is 32.9 Å². The van der Waals surface area contributed by atoms with Crippen molar-refractivity contribution in [2.24, 2.45) is 5.41 Å². The topological polar surface area (TPSA) is 41.5 Å². The maximum absolute atomic E-state index is 9.92. The van der Waals surface area contributed by atoms with Gasteiger partial charge in [0.15, 0.2) is 0 Å². The Morgan fingerprint density at radius 3 is 2.21 bits per heavy atom. The number of rotatable bonds is 6. The lowest BCUT2D eigenvalue weighted by molar-refractivity contribution is 0.0627. The lowest BCUT2D eigenvalue weighted by atomic mass is 9.89. The van der Waals surface area contributed by atoms with Crippen LogP contribution in [0, 0.1) is 5.41 Å². The van der Waals surface area contributed by atoms with Gasteiger partial charge in [0.2, 0.25) is 0 Å². The van der Waals surface area contributed by atoms with Crippen LogP contribution in [0.2, 0.25) is 0 Å². The van der Waals surface area contributed by atoms with Crippen LogP contribution >= 0.6 is 0 Å². The minimum atomic E-state index is -0.337. The molecule has 0 saturated carbocycles. The first-order valence-corrected chi connectivity index (χ1v) is 6.93. The van der Waals surface area contributed by atoms with Crippen molar-refractivity contribution in [2.45, 2.75) is 53.4 Å². The minimum absolute atomic E-state index is 0.0814. The van der Waals surface area contributed by atoms with Gasteiger partial charge in [0, 0.05) is 13.1 Å². The van der Waals surface area contributed by atoms with Gasteiger partial charge in [-0.25, -0.2) is 0 Å². The largest absolute Gasteiger partial charge is 0.491 e. The van der Waals surface area contributed by atoms with Gasteiger partial charge in [-0.3, -0.25) is 0 Å². The first-order valence-electron chi connectivity index (χ1n) is 6.93. The molecule has 2 N–H and O–H groups in total. The summed E-state index contributed by atoms with van der Waals surface area (Å²) in [4.78, 5) is 0. The van der Waals surface area contributed by atoms with Gasteiger partial charge in [-0.2, -0.15) is 0 Å². The van der Waals surface area contributed by atoms with Crippen molar-refractivity contribution in [3.8, 4) is 5.75 Å². The quantitative estimate of drug-likeness (QED) is 0.831. The highest BCUT2D eigenvalue weighted by Crippen LogP contribution is 2.18. The second-order valence-electron chi connectivity index (χ2n) is 6.32. The van der Waals surface area contributed by atoms with Crippen LogP contribution in [0.4, 0.5) is 0 Å². The first kappa shape index (κ1) is 16.0. The van der Waals surface area contributed by atoms with E-state index >= 15 is 0 Å². The fourth-order valence-electron chi connectivity index (χ4n) is 1.62. The zero-order chi connectivity index (χ0) is 14.5. The fraction of sp³-hybridized carbons (Fsp3) is 0.625. The SMILES string of the molecule is CC(C)Oc1ccc(CNCC(O)C(C)(C)C)cc1. The predicted molar refractivity (Wildman–Crippen MR) is 79.4 cm³/mol. The van der Waals surface area contributed by atoms with Crippen LogP contribution in [0.5, 0.6) is 5.75 Å². The molecule has 0 aliphatic carbocycles. The van der Waals surface area contributed by atoms with Crippen LogP contribution in [-0.4, -0.2) is 23.9 Å². The van der Waals surface area contributed by atoms with Gasteiger partial charge >= 0.3 is 0 Å². The summed E-state index contributed by atoms with van der Waals surface area (Å²) in [6.45, 7) is 11.5. The second-order valence-corrected chi connectivity index (χ2v) is 6.32. The Morgan fingerprint density at radius 2 is 1.74 bits per heavy atom. The average Bonchev–Trinajstić information content (AvgIpc) is 2.29. The van der Waals surface area contributed by atoms with Crippen LogP contribution in [0.3, 0.4) is 0 Å². The lowest BCUT2D eigenvalue weighted by Gasteiger charge is -2.26. The normalized spacial score (nSPS) is 13.6. The number of aliphatic hydroxyl groups excluding tert-OH is 1. The monoisotopic (exact) mass is 265 g/mol. The van der Waals surface area contributed by atoms with E-state index in [0.717, 1.165) is 12.3 Å². The molecule has 1 aromatic carbocycles. The molecule has 0 spiro atoms. The summed E-state index contributed by atoms with van der Waals surface area (Å²) in [5.41, 5.74) is 1.11. The van der Waals surface area contributed by atoms with Crippen LogP contribution in [-0.2, 0) is 6.54 Å². The lowest BCUT2D eigenvalue weighted by Crippen LogP contribution is -2.36. The molecule has 108 valence electrons. The smallest absolute Gasteiger partial charge is 0.119 e. The molecule has 1 rings (SSSR count). The van der Waals surface area contributed by atoms with E-state index in [4.69, 9.17) is 4.74 Å². The maximum atomic E-state index is 9.92. The third-order valence-electron chi connectivity index (χ3n) is 2.96. The summed E-state index contributed by atoms with van der Waals surface area (Å²) in [7, 11) is 0. The highest BCUT2D eigenvalue weighted by molar-refractivity contribution is 5.27. The zero-order valence-corrected chi connectivity index (χ0v) is 12.7. The van der Waals surface area contributed by atoms with E-state index in [-0.39, 0.29) is 17.6 Å². The van der Waals surface area contributed by atoms with E-state index in [2.05, 4.69) is 5.32 Å². The third-order valence-corrected chi connectivity index (χ3v) is 2.96. The Hall–Kier alpha value is -1.06. The molecule has 0 aliphatic heterocycles. The van der Waals surface area contributed by atoms with Crippen molar-refractivity contribution >= 4 is 0 Å². The fourth-order valence-corrected chi connectivity index (χ4v) is 1.62. The van der Waals surface area contributed by atoms with Crippen molar-refractivity contribution < 1.29 is 9.84 Å². The van der Waals surface area contributed by atoms with E-state index in [1.165, 1.54) is 5.56 Å². The van der Waals surface area contributed by atoms with E-state index in [1.54, 1.807) is 0 Å². The molecule has 0 saturated heterocycles. The average molecular weight is 265 g/mol. The molecule has 0 heterocycles. The van der Waals surface area contributed by atoms with Crippen LogP contribution in [0.1, 0.15) is 40.2 Å². The molecule has 0 aliphatic rings. The summed E-state index contributed by atoms with van der Waals surface area (Å²) in [6, 6.07) is 8.07. The molecule has 3 nitrogen and oxygen atoms in total. The molecular formula is C16H27NO2. The Balaban J connectivity index is 2.38.